The van der Waals surface area contributed by atoms with Crippen molar-refractivity contribution in [3.05, 3.63) is 47.0 Å². The second kappa shape index (κ2) is 5.71. The summed E-state index contributed by atoms with van der Waals surface area (Å²) < 4.78 is 10.7. The van der Waals surface area contributed by atoms with E-state index >= 15 is 0 Å². The number of nitrogens with zero attached hydrogens (tertiary/aromatic N) is 1. The Kier molecular flexibility index (Phi) is 4.02. The molecule has 2 rings (SSSR count). The summed E-state index contributed by atoms with van der Waals surface area (Å²) in [7, 11) is 1.55. The van der Waals surface area contributed by atoms with Gasteiger partial charge in [0.25, 0.3) is 0 Å². The number of nitrogens with two attached hydrogens (primary N) is 1. The average Bonchev–Trinajstić information content (AvgIpc) is 2.39. The van der Waals surface area contributed by atoms with Gasteiger partial charge in [-0.05, 0) is 12.1 Å². The van der Waals surface area contributed by atoms with Gasteiger partial charge in [0.15, 0.2) is 0 Å². The first-order valence-corrected chi connectivity index (χ1v) is 5.78. The average molecular weight is 265 g/mol. The van der Waals surface area contributed by atoms with Gasteiger partial charge >= 0.3 is 0 Å². The molecule has 5 heteroatoms. The van der Waals surface area contributed by atoms with Gasteiger partial charge in [-0.3, -0.25) is 0 Å². The van der Waals surface area contributed by atoms with Crippen LogP contribution < -0.4 is 15.2 Å². The summed E-state index contributed by atoms with van der Waals surface area (Å²) in [5.41, 5.74) is 6.51. The highest BCUT2D eigenvalue weighted by Gasteiger charge is 2.06. The standard InChI is InChI=1S/C13H13ClN2O2/c1-17-12-3-2-4-13(16-12)18-11-7-10(14)6-5-9(11)8-15/h2-7H,8,15H2,1H3. The lowest BCUT2D eigenvalue weighted by atomic mass is 10.2. The molecule has 1 aromatic heterocycles. The van der Waals surface area contributed by atoms with Crippen molar-refractivity contribution in [2.24, 2.45) is 5.73 Å². The first-order valence-electron chi connectivity index (χ1n) is 5.40. The van der Waals surface area contributed by atoms with Crippen molar-refractivity contribution in [3.63, 3.8) is 0 Å². The van der Waals surface area contributed by atoms with E-state index in [2.05, 4.69) is 4.98 Å². The van der Waals surface area contributed by atoms with Gasteiger partial charge in [0, 0.05) is 29.3 Å². The summed E-state index contributed by atoms with van der Waals surface area (Å²) >= 11 is 5.93. The van der Waals surface area contributed by atoms with Gasteiger partial charge in [-0.1, -0.05) is 23.7 Å². The van der Waals surface area contributed by atoms with Crippen molar-refractivity contribution >= 4 is 11.6 Å². The summed E-state index contributed by atoms with van der Waals surface area (Å²) in [5, 5.41) is 0.588. The van der Waals surface area contributed by atoms with E-state index in [4.69, 9.17) is 26.8 Å². The van der Waals surface area contributed by atoms with E-state index in [1.807, 2.05) is 6.07 Å². The smallest absolute Gasteiger partial charge is 0.222 e. The van der Waals surface area contributed by atoms with Crippen molar-refractivity contribution in [2.75, 3.05) is 7.11 Å². The van der Waals surface area contributed by atoms with Crippen LogP contribution in [0.3, 0.4) is 0 Å². The van der Waals surface area contributed by atoms with Crippen molar-refractivity contribution in [1.29, 1.82) is 0 Å². The highest BCUT2D eigenvalue weighted by molar-refractivity contribution is 6.30. The van der Waals surface area contributed by atoms with Gasteiger partial charge in [0.2, 0.25) is 11.8 Å². The molecule has 0 fully saturated rings. The second-order valence-corrected chi connectivity index (χ2v) is 4.01. The molecule has 0 amide bonds. The van der Waals surface area contributed by atoms with Crippen LogP contribution >= 0.6 is 11.6 Å². The van der Waals surface area contributed by atoms with Crippen molar-refractivity contribution < 1.29 is 9.47 Å². The third kappa shape index (κ3) is 2.91. The third-order valence-electron chi connectivity index (χ3n) is 2.37. The van der Waals surface area contributed by atoms with E-state index in [9.17, 15) is 0 Å². The van der Waals surface area contributed by atoms with Crippen LogP contribution in [0.1, 0.15) is 5.56 Å². The summed E-state index contributed by atoms with van der Waals surface area (Å²) in [6.07, 6.45) is 0. The molecule has 4 nitrogen and oxygen atoms in total. The number of aromatic nitrogens is 1. The number of hydrogen-bond donors (Lipinski definition) is 1. The Bertz CT molecular complexity index is 546. The van der Waals surface area contributed by atoms with Crippen LogP contribution in [0.2, 0.25) is 5.02 Å². The van der Waals surface area contributed by atoms with Crippen molar-refractivity contribution in [1.82, 2.24) is 4.98 Å². The van der Waals surface area contributed by atoms with Gasteiger partial charge in [-0.25, -0.2) is 0 Å². The zero-order chi connectivity index (χ0) is 13.0. The second-order valence-electron chi connectivity index (χ2n) is 3.58. The lowest BCUT2D eigenvalue weighted by Gasteiger charge is -2.10. The van der Waals surface area contributed by atoms with Gasteiger partial charge in [-0.15, -0.1) is 0 Å². The molecule has 94 valence electrons. The SMILES string of the molecule is COc1cccc(Oc2cc(Cl)ccc2CN)n1. The zero-order valence-corrected chi connectivity index (χ0v) is 10.6. The Morgan fingerprint density at radius 1 is 1.22 bits per heavy atom. The van der Waals surface area contributed by atoms with Crippen LogP contribution in [0.5, 0.6) is 17.5 Å². The molecule has 0 saturated carbocycles. The predicted molar refractivity (Wildman–Crippen MR) is 70.2 cm³/mol. The number of hydrogen-bond acceptors (Lipinski definition) is 4. The van der Waals surface area contributed by atoms with E-state index in [-0.39, 0.29) is 0 Å². The Morgan fingerprint density at radius 2 is 2.00 bits per heavy atom. The number of pyridine rings is 1. The first-order chi connectivity index (χ1) is 8.72. The third-order valence-corrected chi connectivity index (χ3v) is 2.61. The molecule has 0 bridgehead atoms. The molecule has 1 aromatic carbocycles. The number of benzene rings is 1. The van der Waals surface area contributed by atoms with Crippen molar-refractivity contribution in [3.8, 4) is 17.5 Å². The fraction of sp³-hybridized carbons (Fsp3) is 0.154. The molecule has 2 aromatic rings. The maximum atomic E-state index is 5.93. The number of ether oxygens (including phenoxy) is 2. The Labute approximate surface area is 110 Å². The number of halogens is 1. The first kappa shape index (κ1) is 12.7. The molecular weight excluding hydrogens is 252 g/mol. The van der Waals surface area contributed by atoms with Crippen molar-refractivity contribution in [2.45, 2.75) is 6.54 Å². The van der Waals surface area contributed by atoms with Crippen LogP contribution in [-0.4, -0.2) is 12.1 Å². The monoisotopic (exact) mass is 264 g/mol. The minimum atomic E-state index is 0.371. The minimum absolute atomic E-state index is 0.371. The topological polar surface area (TPSA) is 57.4 Å². The van der Waals surface area contributed by atoms with Crippen LogP contribution in [0.25, 0.3) is 0 Å². The number of methoxy groups -OCH3 is 1. The summed E-state index contributed by atoms with van der Waals surface area (Å²) in [5.74, 6) is 1.53. The fourth-order valence-electron chi connectivity index (χ4n) is 1.47. The molecule has 0 saturated heterocycles. The minimum Gasteiger partial charge on any atom is -0.481 e. The Balaban J connectivity index is 2.29. The van der Waals surface area contributed by atoms with Crippen LogP contribution in [-0.2, 0) is 6.54 Å². The molecule has 0 aliphatic rings. The Hall–Kier alpha value is -1.78. The molecular formula is C13H13ClN2O2. The van der Waals surface area contributed by atoms with E-state index in [1.165, 1.54) is 0 Å². The van der Waals surface area contributed by atoms with Gasteiger partial charge < -0.3 is 15.2 Å². The van der Waals surface area contributed by atoms with E-state index in [0.29, 0.717) is 29.1 Å². The largest absolute Gasteiger partial charge is 0.481 e. The summed E-state index contributed by atoms with van der Waals surface area (Å²) in [4.78, 5) is 4.16. The predicted octanol–water partition coefficient (Wildman–Crippen LogP) is 2.99. The van der Waals surface area contributed by atoms with Crippen LogP contribution in [0.15, 0.2) is 36.4 Å². The Morgan fingerprint density at radius 3 is 2.72 bits per heavy atom. The lowest BCUT2D eigenvalue weighted by Crippen LogP contribution is -2.00. The fourth-order valence-corrected chi connectivity index (χ4v) is 1.63. The maximum Gasteiger partial charge on any atom is 0.222 e. The number of rotatable bonds is 4. The van der Waals surface area contributed by atoms with E-state index < -0.39 is 0 Å². The van der Waals surface area contributed by atoms with Gasteiger partial charge in [0.05, 0.1) is 7.11 Å². The van der Waals surface area contributed by atoms with Crippen LogP contribution in [0, 0.1) is 0 Å². The molecule has 0 unspecified atom stereocenters. The normalized spacial score (nSPS) is 10.2. The van der Waals surface area contributed by atoms with E-state index in [1.54, 1.807) is 37.4 Å². The molecule has 2 N–H and O–H groups in total. The molecule has 0 aliphatic heterocycles. The maximum absolute atomic E-state index is 5.93. The molecule has 18 heavy (non-hydrogen) atoms. The van der Waals surface area contributed by atoms with Crippen LogP contribution in [0.4, 0.5) is 0 Å². The summed E-state index contributed by atoms with van der Waals surface area (Å²) in [6.45, 7) is 0.371. The molecule has 0 spiro atoms. The molecule has 0 atom stereocenters. The van der Waals surface area contributed by atoms with Gasteiger partial charge in [0.1, 0.15) is 5.75 Å². The van der Waals surface area contributed by atoms with E-state index in [0.717, 1.165) is 5.56 Å². The lowest BCUT2D eigenvalue weighted by molar-refractivity contribution is 0.382. The molecule has 1 heterocycles. The molecule has 0 radical (unpaired) electrons. The highest BCUT2D eigenvalue weighted by atomic mass is 35.5. The summed E-state index contributed by atoms with van der Waals surface area (Å²) in [6, 6.07) is 10.6. The van der Waals surface area contributed by atoms with Gasteiger partial charge in [-0.2, -0.15) is 4.98 Å². The molecule has 0 aliphatic carbocycles. The zero-order valence-electron chi connectivity index (χ0n) is 9.89. The quantitative estimate of drug-likeness (QED) is 0.922. The highest BCUT2D eigenvalue weighted by Crippen LogP contribution is 2.28.